The summed E-state index contributed by atoms with van der Waals surface area (Å²) in [6.45, 7) is 2.55. The Morgan fingerprint density at radius 2 is 1.93 bits per heavy atom. The summed E-state index contributed by atoms with van der Waals surface area (Å²) in [4.78, 5) is 26.9. The van der Waals surface area contributed by atoms with Crippen molar-refractivity contribution in [2.45, 2.75) is 13.3 Å². The second-order valence-electron chi connectivity index (χ2n) is 6.37. The van der Waals surface area contributed by atoms with Crippen LogP contribution in [0, 0.1) is 0 Å². The van der Waals surface area contributed by atoms with E-state index in [2.05, 4.69) is 5.32 Å². The van der Waals surface area contributed by atoms with Crippen molar-refractivity contribution in [1.29, 1.82) is 0 Å². The summed E-state index contributed by atoms with van der Waals surface area (Å²) in [6, 6.07) is 14.4. The van der Waals surface area contributed by atoms with Crippen LogP contribution in [0.25, 0.3) is 10.8 Å². The van der Waals surface area contributed by atoms with Crippen molar-refractivity contribution in [3.63, 3.8) is 0 Å². The Morgan fingerprint density at radius 3 is 2.67 bits per heavy atom. The molecule has 1 aliphatic rings. The van der Waals surface area contributed by atoms with E-state index in [0.29, 0.717) is 33.4 Å². The molecular formula is C21H16Cl2N2O2. The molecular weight excluding hydrogens is 383 g/mol. The highest BCUT2D eigenvalue weighted by Gasteiger charge is 2.29. The molecule has 0 fully saturated rings. The lowest BCUT2D eigenvalue weighted by Crippen LogP contribution is -2.25. The first kappa shape index (κ1) is 17.8. The van der Waals surface area contributed by atoms with E-state index in [0.717, 1.165) is 16.5 Å². The number of rotatable bonds is 4. The van der Waals surface area contributed by atoms with Crippen LogP contribution in [-0.2, 0) is 11.2 Å². The van der Waals surface area contributed by atoms with Crippen LogP contribution in [0.1, 0.15) is 22.8 Å². The molecule has 136 valence electrons. The average molecular weight is 399 g/mol. The fraction of sp³-hybridized carbons (Fsp3) is 0.143. The number of halogens is 2. The van der Waals surface area contributed by atoms with Gasteiger partial charge in [0.25, 0.3) is 5.91 Å². The molecule has 0 radical (unpaired) electrons. The number of nitrogens with zero attached hydrogens (tertiary/aromatic N) is 1. The highest BCUT2D eigenvalue weighted by molar-refractivity contribution is 6.35. The van der Waals surface area contributed by atoms with Gasteiger partial charge in [-0.1, -0.05) is 41.4 Å². The molecule has 4 rings (SSSR count). The molecule has 1 heterocycles. The van der Waals surface area contributed by atoms with Gasteiger partial charge in [-0.05, 0) is 42.8 Å². The lowest BCUT2D eigenvalue weighted by molar-refractivity contribution is -0.115. The van der Waals surface area contributed by atoms with Gasteiger partial charge in [0.1, 0.15) is 0 Å². The van der Waals surface area contributed by atoms with Gasteiger partial charge in [0, 0.05) is 38.6 Å². The lowest BCUT2D eigenvalue weighted by Gasteiger charge is -2.15. The Labute approximate surface area is 166 Å². The molecule has 0 spiro atoms. The topological polar surface area (TPSA) is 49.4 Å². The van der Waals surface area contributed by atoms with E-state index in [9.17, 15) is 9.59 Å². The monoisotopic (exact) mass is 398 g/mol. The Morgan fingerprint density at radius 1 is 1.11 bits per heavy atom. The third kappa shape index (κ3) is 3.05. The highest BCUT2D eigenvalue weighted by Crippen LogP contribution is 2.40. The van der Waals surface area contributed by atoms with Crippen LogP contribution in [0.3, 0.4) is 0 Å². The summed E-state index contributed by atoms with van der Waals surface area (Å²) in [7, 11) is 0. The molecule has 3 aromatic rings. The number of amides is 2. The Hall–Kier alpha value is -2.56. The molecule has 0 unspecified atom stereocenters. The number of nitrogens with one attached hydrogen (secondary N) is 1. The minimum absolute atomic E-state index is 0.00507. The van der Waals surface area contributed by atoms with Crippen LogP contribution in [0.4, 0.5) is 11.4 Å². The number of hydrogen-bond acceptors (Lipinski definition) is 2. The molecule has 0 atom stereocenters. The van der Waals surface area contributed by atoms with E-state index in [-0.39, 0.29) is 18.2 Å². The van der Waals surface area contributed by atoms with E-state index in [4.69, 9.17) is 23.2 Å². The second-order valence-corrected chi connectivity index (χ2v) is 7.21. The number of hydrogen-bond donors (Lipinski definition) is 1. The zero-order chi connectivity index (χ0) is 19.1. The van der Waals surface area contributed by atoms with Crippen molar-refractivity contribution in [2.24, 2.45) is 0 Å². The number of carbonyl (C=O) groups is 2. The summed E-state index contributed by atoms with van der Waals surface area (Å²) in [5, 5.41) is 5.67. The van der Waals surface area contributed by atoms with Crippen LogP contribution < -0.4 is 10.2 Å². The van der Waals surface area contributed by atoms with E-state index < -0.39 is 0 Å². The van der Waals surface area contributed by atoms with Crippen LogP contribution >= 0.6 is 23.2 Å². The standard InChI is InChI=1S/C21H16Cl2N2O2/c1-2-25-18-9-8-17(14-4-3-5-15(20(14)18)21(25)27)24-19(26)10-12-6-7-13(22)11-16(12)23/h3-9,11H,2,10H2,1H3,(H,24,26). The smallest absolute Gasteiger partial charge is 0.258 e. The summed E-state index contributed by atoms with van der Waals surface area (Å²) in [6.07, 6.45) is 0.138. The zero-order valence-corrected chi connectivity index (χ0v) is 16.1. The first-order valence-electron chi connectivity index (χ1n) is 8.61. The molecule has 27 heavy (non-hydrogen) atoms. The first-order valence-corrected chi connectivity index (χ1v) is 9.36. The third-order valence-electron chi connectivity index (χ3n) is 4.74. The molecule has 0 bridgehead atoms. The van der Waals surface area contributed by atoms with Crippen molar-refractivity contribution in [1.82, 2.24) is 0 Å². The fourth-order valence-corrected chi connectivity index (χ4v) is 3.98. The molecule has 2 amide bonds. The predicted octanol–water partition coefficient (Wildman–Crippen LogP) is 5.31. The number of anilines is 2. The summed E-state index contributed by atoms with van der Waals surface area (Å²) < 4.78 is 0. The van der Waals surface area contributed by atoms with Gasteiger partial charge < -0.3 is 10.2 Å². The molecule has 0 aliphatic carbocycles. The molecule has 1 aliphatic heterocycles. The minimum atomic E-state index is -0.184. The Kier molecular flexibility index (Phi) is 4.54. The Bertz CT molecular complexity index is 1090. The molecule has 1 N–H and O–H groups in total. The molecule has 0 saturated carbocycles. The van der Waals surface area contributed by atoms with Gasteiger partial charge in [-0.3, -0.25) is 9.59 Å². The third-order valence-corrected chi connectivity index (χ3v) is 5.33. The second kappa shape index (κ2) is 6.87. The van der Waals surface area contributed by atoms with E-state index in [1.807, 2.05) is 37.3 Å². The number of carbonyl (C=O) groups excluding carboxylic acids is 2. The maximum atomic E-state index is 12.6. The van der Waals surface area contributed by atoms with Crippen molar-refractivity contribution in [3.8, 4) is 0 Å². The molecule has 0 aromatic heterocycles. The van der Waals surface area contributed by atoms with Gasteiger partial charge in [0.05, 0.1) is 12.1 Å². The Balaban J connectivity index is 1.67. The maximum Gasteiger partial charge on any atom is 0.258 e. The summed E-state index contributed by atoms with van der Waals surface area (Å²) >= 11 is 12.1. The maximum absolute atomic E-state index is 12.6. The van der Waals surface area contributed by atoms with Crippen LogP contribution in [0.2, 0.25) is 10.0 Å². The quantitative estimate of drug-likeness (QED) is 0.647. The van der Waals surface area contributed by atoms with Gasteiger partial charge in [0.2, 0.25) is 5.91 Å². The van der Waals surface area contributed by atoms with Crippen molar-refractivity contribution in [3.05, 3.63) is 69.7 Å². The SMILES string of the molecule is CCN1C(=O)c2cccc3c(NC(=O)Cc4ccc(Cl)cc4Cl)ccc1c23. The van der Waals surface area contributed by atoms with Crippen LogP contribution in [0.5, 0.6) is 0 Å². The van der Waals surface area contributed by atoms with E-state index >= 15 is 0 Å². The average Bonchev–Trinajstić information content (AvgIpc) is 2.93. The van der Waals surface area contributed by atoms with Crippen molar-refractivity contribution >= 4 is 57.2 Å². The van der Waals surface area contributed by atoms with Crippen LogP contribution in [-0.4, -0.2) is 18.4 Å². The van der Waals surface area contributed by atoms with Gasteiger partial charge in [0.15, 0.2) is 0 Å². The minimum Gasteiger partial charge on any atom is -0.325 e. The molecule has 6 heteroatoms. The highest BCUT2D eigenvalue weighted by atomic mass is 35.5. The van der Waals surface area contributed by atoms with E-state index in [1.54, 1.807) is 23.1 Å². The van der Waals surface area contributed by atoms with Gasteiger partial charge in [-0.25, -0.2) is 0 Å². The molecule has 0 saturated heterocycles. The normalized spacial score (nSPS) is 12.7. The molecule has 4 nitrogen and oxygen atoms in total. The summed E-state index contributed by atoms with van der Waals surface area (Å²) in [5.74, 6) is -0.189. The fourth-order valence-electron chi connectivity index (χ4n) is 3.50. The summed E-state index contributed by atoms with van der Waals surface area (Å²) in [5.41, 5.74) is 2.93. The van der Waals surface area contributed by atoms with E-state index in [1.165, 1.54) is 0 Å². The predicted molar refractivity (Wildman–Crippen MR) is 110 cm³/mol. The molecule has 3 aromatic carbocycles. The van der Waals surface area contributed by atoms with Crippen molar-refractivity contribution in [2.75, 3.05) is 16.8 Å². The van der Waals surface area contributed by atoms with Gasteiger partial charge >= 0.3 is 0 Å². The van der Waals surface area contributed by atoms with Gasteiger partial charge in [-0.15, -0.1) is 0 Å². The van der Waals surface area contributed by atoms with Crippen LogP contribution in [0.15, 0.2) is 48.5 Å². The largest absolute Gasteiger partial charge is 0.325 e. The first-order chi connectivity index (χ1) is 13.0. The van der Waals surface area contributed by atoms with Crippen molar-refractivity contribution < 1.29 is 9.59 Å². The zero-order valence-electron chi connectivity index (χ0n) is 14.6. The van der Waals surface area contributed by atoms with Gasteiger partial charge in [-0.2, -0.15) is 0 Å². The number of benzene rings is 3. The lowest BCUT2D eigenvalue weighted by atomic mass is 10.0.